The van der Waals surface area contributed by atoms with Crippen LogP contribution in [0.2, 0.25) is 0 Å². The Morgan fingerprint density at radius 1 is 1.25 bits per heavy atom. The Morgan fingerprint density at radius 2 is 2.05 bits per heavy atom. The molecule has 0 heterocycles. The van der Waals surface area contributed by atoms with Crippen LogP contribution in [-0.2, 0) is 9.53 Å². The third-order valence-corrected chi connectivity index (χ3v) is 3.12. The molecule has 4 nitrogen and oxygen atoms in total. The molecule has 0 atom stereocenters. The Morgan fingerprint density at radius 3 is 2.70 bits per heavy atom. The van der Waals surface area contributed by atoms with E-state index < -0.39 is 0 Å². The number of esters is 1. The van der Waals surface area contributed by atoms with Gasteiger partial charge in [-0.05, 0) is 18.6 Å². The first-order valence-electron chi connectivity index (χ1n) is 6.75. The van der Waals surface area contributed by atoms with Gasteiger partial charge in [0.25, 0.3) is 0 Å². The molecular formula is C16H19NO3. The smallest absolute Gasteiger partial charge is 0.314 e. The maximum absolute atomic E-state index is 11.7. The van der Waals surface area contributed by atoms with Crippen molar-refractivity contribution < 1.29 is 14.6 Å². The van der Waals surface area contributed by atoms with Crippen LogP contribution in [0, 0.1) is 12.3 Å². The fourth-order valence-electron chi connectivity index (χ4n) is 2.07. The molecule has 20 heavy (non-hydrogen) atoms. The molecule has 0 aromatic heterocycles. The normalized spacial score (nSPS) is 14.4. The Hall–Kier alpha value is -1.81. The number of rotatable bonds is 7. The molecule has 0 unspecified atom stereocenters. The van der Waals surface area contributed by atoms with Crippen molar-refractivity contribution in [2.45, 2.75) is 6.42 Å². The summed E-state index contributed by atoms with van der Waals surface area (Å²) in [6.45, 7) is 1.46. The van der Waals surface area contributed by atoms with Gasteiger partial charge in [-0.25, -0.2) is 0 Å². The minimum atomic E-state index is -0.257. The Bertz CT molecular complexity index is 436. The number of para-hydroxylation sites is 1. The zero-order chi connectivity index (χ0) is 14.2. The molecule has 0 spiro atoms. The number of hydrogen-bond donors (Lipinski definition) is 1. The average molecular weight is 273 g/mol. The molecule has 1 aromatic carbocycles. The van der Waals surface area contributed by atoms with Crippen LogP contribution < -0.4 is 4.90 Å². The highest BCUT2D eigenvalue weighted by molar-refractivity contribution is 5.88. The van der Waals surface area contributed by atoms with Crippen LogP contribution >= 0.6 is 0 Å². The molecule has 1 aliphatic rings. The topological polar surface area (TPSA) is 49.8 Å². The molecule has 2 radical (unpaired) electrons. The predicted octanol–water partition coefficient (Wildman–Crippen LogP) is 1.77. The minimum absolute atomic E-state index is 0.0674. The molecule has 2 rings (SSSR count). The van der Waals surface area contributed by atoms with E-state index in [4.69, 9.17) is 9.84 Å². The number of aliphatic hydroxyl groups is 1. The van der Waals surface area contributed by atoms with E-state index in [1.54, 1.807) is 6.42 Å². The number of carbonyl (C=O) groups excluding carboxylic acids is 1. The van der Waals surface area contributed by atoms with Gasteiger partial charge in [0.15, 0.2) is 0 Å². The molecule has 106 valence electrons. The Balaban J connectivity index is 1.79. The molecule has 0 saturated heterocycles. The largest absolute Gasteiger partial charge is 0.463 e. The van der Waals surface area contributed by atoms with Crippen LogP contribution in [0.1, 0.15) is 6.42 Å². The lowest BCUT2D eigenvalue weighted by molar-refractivity contribution is -0.140. The zero-order valence-corrected chi connectivity index (χ0v) is 11.4. The standard InChI is InChI=1S/C16H19NO3/c18-12-10-17(15-8-2-1-3-9-15)11-13-20-16(19)14-6-4-5-7-14/h1-6,8-9,18H,7,10-13H2. The van der Waals surface area contributed by atoms with Crippen molar-refractivity contribution in [3.63, 3.8) is 0 Å². The first-order chi connectivity index (χ1) is 9.81. The van der Waals surface area contributed by atoms with Crippen molar-refractivity contribution in [1.29, 1.82) is 0 Å². The molecule has 1 aliphatic carbocycles. The van der Waals surface area contributed by atoms with E-state index in [1.165, 1.54) is 0 Å². The summed E-state index contributed by atoms with van der Waals surface area (Å²) in [5.41, 5.74) is 1.01. The summed E-state index contributed by atoms with van der Waals surface area (Å²) in [5, 5.41) is 9.11. The van der Waals surface area contributed by atoms with Gasteiger partial charge in [0.2, 0.25) is 0 Å². The second-order valence-electron chi connectivity index (χ2n) is 4.51. The van der Waals surface area contributed by atoms with Crippen LogP contribution in [0.25, 0.3) is 0 Å². The monoisotopic (exact) mass is 273 g/mol. The van der Waals surface area contributed by atoms with E-state index in [2.05, 4.69) is 0 Å². The van der Waals surface area contributed by atoms with Gasteiger partial charge in [-0.1, -0.05) is 30.4 Å². The highest BCUT2D eigenvalue weighted by atomic mass is 16.5. The van der Waals surface area contributed by atoms with Gasteiger partial charge in [-0.2, -0.15) is 0 Å². The number of benzene rings is 1. The quantitative estimate of drug-likeness (QED) is 0.769. The summed E-state index contributed by atoms with van der Waals surface area (Å²) in [7, 11) is 0. The maximum Gasteiger partial charge on any atom is 0.314 e. The average Bonchev–Trinajstić information content (AvgIpc) is 3.01. The first-order valence-corrected chi connectivity index (χ1v) is 6.75. The van der Waals surface area contributed by atoms with Crippen molar-refractivity contribution in [1.82, 2.24) is 0 Å². The number of nitrogens with zero attached hydrogens (tertiary/aromatic N) is 1. The minimum Gasteiger partial charge on any atom is -0.463 e. The van der Waals surface area contributed by atoms with Crippen molar-refractivity contribution in [3.8, 4) is 0 Å². The van der Waals surface area contributed by atoms with E-state index in [1.807, 2.05) is 47.4 Å². The summed E-state index contributed by atoms with van der Waals surface area (Å²) < 4.78 is 5.25. The number of ether oxygens (including phenoxy) is 1. The second kappa shape index (κ2) is 7.70. The fraction of sp³-hybridized carbons (Fsp3) is 0.312. The summed E-state index contributed by atoms with van der Waals surface area (Å²) in [6, 6.07) is 9.78. The number of carbonyl (C=O) groups is 1. The van der Waals surface area contributed by atoms with Gasteiger partial charge in [0.1, 0.15) is 6.61 Å². The lowest BCUT2D eigenvalue weighted by Gasteiger charge is -2.23. The van der Waals surface area contributed by atoms with Crippen molar-refractivity contribution in [2.24, 2.45) is 0 Å². The molecule has 0 aliphatic heterocycles. The van der Waals surface area contributed by atoms with E-state index in [0.717, 1.165) is 5.69 Å². The third-order valence-electron chi connectivity index (χ3n) is 3.12. The predicted molar refractivity (Wildman–Crippen MR) is 78.0 cm³/mol. The van der Waals surface area contributed by atoms with E-state index >= 15 is 0 Å². The third kappa shape index (κ3) is 4.10. The molecular weight excluding hydrogens is 254 g/mol. The molecule has 0 fully saturated rings. The molecule has 1 N–H and O–H groups in total. The van der Waals surface area contributed by atoms with Crippen LogP contribution in [-0.4, -0.2) is 37.4 Å². The maximum atomic E-state index is 11.7. The molecule has 1 aromatic rings. The number of allylic oxidation sites excluding steroid dienone is 2. The van der Waals surface area contributed by atoms with Gasteiger partial charge in [-0.3, -0.25) is 4.79 Å². The summed E-state index contributed by atoms with van der Waals surface area (Å²) >= 11 is 0. The van der Waals surface area contributed by atoms with Gasteiger partial charge in [-0.15, -0.1) is 0 Å². The number of aliphatic hydroxyl groups excluding tert-OH is 1. The molecule has 0 amide bonds. The van der Waals surface area contributed by atoms with E-state index in [9.17, 15) is 4.79 Å². The van der Waals surface area contributed by atoms with Gasteiger partial charge in [0.05, 0.1) is 19.1 Å². The van der Waals surface area contributed by atoms with Crippen molar-refractivity contribution in [3.05, 3.63) is 54.8 Å². The van der Waals surface area contributed by atoms with E-state index in [-0.39, 0.29) is 12.6 Å². The molecule has 0 saturated carbocycles. The Kier molecular flexibility index (Phi) is 5.62. The van der Waals surface area contributed by atoms with Gasteiger partial charge < -0.3 is 14.7 Å². The van der Waals surface area contributed by atoms with Gasteiger partial charge >= 0.3 is 5.97 Å². The summed E-state index contributed by atoms with van der Waals surface area (Å²) in [4.78, 5) is 13.7. The fourth-order valence-corrected chi connectivity index (χ4v) is 2.07. The highest BCUT2D eigenvalue weighted by Gasteiger charge is 2.22. The summed E-state index contributed by atoms with van der Waals surface area (Å²) in [6.07, 6.45) is 6.22. The van der Waals surface area contributed by atoms with Crippen LogP contribution in [0.3, 0.4) is 0 Å². The highest BCUT2D eigenvalue weighted by Crippen LogP contribution is 2.20. The lowest BCUT2D eigenvalue weighted by Crippen LogP contribution is -2.31. The number of anilines is 1. The van der Waals surface area contributed by atoms with E-state index in [0.29, 0.717) is 32.0 Å². The van der Waals surface area contributed by atoms with Crippen molar-refractivity contribution >= 4 is 11.7 Å². The first kappa shape index (κ1) is 14.6. The molecule has 0 bridgehead atoms. The summed E-state index contributed by atoms with van der Waals surface area (Å²) in [5.74, 6) is 0.436. The number of hydrogen-bond acceptors (Lipinski definition) is 4. The van der Waals surface area contributed by atoms with Crippen molar-refractivity contribution in [2.75, 3.05) is 31.2 Å². The second-order valence-corrected chi connectivity index (χ2v) is 4.51. The zero-order valence-electron chi connectivity index (χ0n) is 11.4. The molecule has 4 heteroatoms. The van der Waals surface area contributed by atoms with Crippen LogP contribution in [0.15, 0.2) is 42.5 Å². The van der Waals surface area contributed by atoms with Gasteiger partial charge in [0, 0.05) is 18.7 Å². The van der Waals surface area contributed by atoms with Crippen LogP contribution in [0.4, 0.5) is 5.69 Å². The SMILES string of the molecule is O=C(OCCN(CCO)c1ccccc1)[C]1[CH]C=CC1. The Labute approximate surface area is 119 Å². The van der Waals surface area contributed by atoms with Crippen LogP contribution in [0.5, 0.6) is 0 Å². The lowest BCUT2D eigenvalue weighted by atomic mass is 10.1.